The van der Waals surface area contributed by atoms with Crippen LogP contribution in [-0.2, 0) is 4.74 Å². The van der Waals surface area contributed by atoms with Crippen molar-refractivity contribution in [2.75, 3.05) is 26.4 Å². The number of aliphatic hydroxyl groups excluding tert-OH is 1. The molecule has 4 nitrogen and oxygen atoms in total. The number of rotatable bonds is 8. The summed E-state index contributed by atoms with van der Waals surface area (Å²) in [4.78, 5) is 0. The van der Waals surface area contributed by atoms with Crippen LogP contribution < -0.4 is 10.1 Å². The van der Waals surface area contributed by atoms with E-state index < -0.39 is 0 Å². The topological polar surface area (TPSA) is 50.7 Å². The highest BCUT2D eigenvalue weighted by molar-refractivity contribution is 5.29. The quantitative estimate of drug-likeness (QED) is 0.766. The fraction of sp³-hybridized carbons (Fsp3) is 0.625. The number of ether oxygens (including phenoxy) is 2. The molecule has 0 radical (unpaired) electrons. The summed E-state index contributed by atoms with van der Waals surface area (Å²) in [6, 6.07) is 7.89. The van der Waals surface area contributed by atoms with Gasteiger partial charge < -0.3 is 19.9 Å². The molecule has 1 aliphatic heterocycles. The molecule has 0 spiro atoms. The summed E-state index contributed by atoms with van der Waals surface area (Å²) in [6.45, 7) is 4.56. The smallest absolute Gasteiger partial charge is 0.119 e. The first-order valence-electron chi connectivity index (χ1n) is 7.52. The Hall–Kier alpha value is -1.10. The fourth-order valence-electron chi connectivity index (χ4n) is 2.38. The lowest BCUT2D eigenvalue weighted by molar-refractivity contribution is 0.104. The van der Waals surface area contributed by atoms with Gasteiger partial charge in [0, 0.05) is 13.2 Å². The van der Waals surface area contributed by atoms with E-state index >= 15 is 0 Å². The Bertz CT molecular complexity index is 374. The van der Waals surface area contributed by atoms with Gasteiger partial charge in [-0.1, -0.05) is 19.1 Å². The summed E-state index contributed by atoms with van der Waals surface area (Å²) in [5, 5.41) is 12.9. The molecule has 2 rings (SSSR count). The van der Waals surface area contributed by atoms with Crippen molar-refractivity contribution in [1.29, 1.82) is 0 Å². The minimum atomic E-state index is -0.0422. The molecule has 112 valence electrons. The first-order valence-corrected chi connectivity index (χ1v) is 7.52. The molecule has 1 aromatic carbocycles. The lowest BCUT2D eigenvalue weighted by atomic mass is 10.1. The summed E-state index contributed by atoms with van der Waals surface area (Å²) in [5.74, 6) is 0.881. The number of hydrogen-bond acceptors (Lipinski definition) is 4. The average Bonchev–Trinajstić information content (AvgIpc) is 3.00. The maximum atomic E-state index is 9.53. The molecule has 2 unspecified atom stereocenters. The van der Waals surface area contributed by atoms with Crippen molar-refractivity contribution in [2.45, 2.75) is 38.3 Å². The Morgan fingerprint density at radius 3 is 2.80 bits per heavy atom. The lowest BCUT2D eigenvalue weighted by Gasteiger charge is -2.19. The molecule has 1 fully saturated rings. The third-order valence-corrected chi connectivity index (χ3v) is 3.55. The molecule has 1 saturated heterocycles. The van der Waals surface area contributed by atoms with E-state index in [2.05, 4.69) is 12.2 Å². The SMILES string of the molecule is CCCOc1ccc(C(CO)NCC2CCCO2)cc1. The van der Waals surface area contributed by atoms with Gasteiger partial charge in [0.1, 0.15) is 5.75 Å². The number of benzene rings is 1. The molecule has 0 amide bonds. The maximum Gasteiger partial charge on any atom is 0.119 e. The highest BCUT2D eigenvalue weighted by atomic mass is 16.5. The van der Waals surface area contributed by atoms with Crippen molar-refractivity contribution < 1.29 is 14.6 Å². The van der Waals surface area contributed by atoms with Crippen LogP contribution >= 0.6 is 0 Å². The Balaban J connectivity index is 1.85. The van der Waals surface area contributed by atoms with Crippen LogP contribution in [0.2, 0.25) is 0 Å². The fourth-order valence-corrected chi connectivity index (χ4v) is 2.38. The minimum Gasteiger partial charge on any atom is -0.494 e. The molecule has 1 aliphatic rings. The zero-order valence-electron chi connectivity index (χ0n) is 12.2. The van der Waals surface area contributed by atoms with Crippen LogP contribution in [0.15, 0.2) is 24.3 Å². The molecule has 20 heavy (non-hydrogen) atoms. The highest BCUT2D eigenvalue weighted by Gasteiger charge is 2.17. The Morgan fingerprint density at radius 2 is 2.20 bits per heavy atom. The van der Waals surface area contributed by atoms with Crippen LogP contribution in [0.25, 0.3) is 0 Å². The van der Waals surface area contributed by atoms with Gasteiger partial charge in [-0.15, -0.1) is 0 Å². The molecular formula is C16H25NO3. The standard InChI is InChI=1S/C16H25NO3/c1-2-9-19-14-7-5-13(6-8-14)16(12-18)17-11-15-4-3-10-20-15/h5-8,15-18H,2-4,9-12H2,1H3. The predicted octanol–water partition coefficient (Wildman–Crippen LogP) is 2.28. The first-order chi connectivity index (χ1) is 9.83. The molecule has 2 N–H and O–H groups in total. The molecule has 1 heterocycles. The van der Waals surface area contributed by atoms with E-state index in [-0.39, 0.29) is 18.8 Å². The van der Waals surface area contributed by atoms with Gasteiger partial charge in [-0.2, -0.15) is 0 Å². The summed E-state index contributed by atoms with van der Waals surface area (Å²) in [7, 11) is 0. The Labute approximate surface area is 121 Å². The van der Waals surface area contributed by atoms with Crippen molar-refractivity contribution in [3.05, 3.63) is 29.8 Å². The van der Waals surface area contributed by atoms with Crippen molar-refractivity contribution >= 4 is 0 Å². The summed E-state index contributed by atoms with van der Waals surface area (Å²) < 4.78 is 11.1. The van der Waals surface area contributed by atoms with E-state index in [0.29, 0.717) is 0 Å². The van der Waals surface area contributed by atoms with Gasteiger partial charge in [0.25, 0.3) is 0 Å². The van der Waals surface area contributed by atoms with Gasteiger partial charge in [-0.05, 0) is 37.0 Å². The van der Waals surface area contributed by atoms with Crippen LogP contribution in [0.1, 0.15) is 37.8 Å². The Kier molecular flexibility index (Phi) is 6.30. The van der Waals surface area contributed by atoms with Crippen LogP contribution in [-0.4, -0.2) is 37.6 Å². The van der Waals surface area contributed by atoms with Gasteiger partial charge in [0.2, 0.25) is 0 Å². The van der Waals surface area contributed by atoms with E-state index in [9.17, 15) is 5.11 Å². The molecular weight excluding hydrogens is 254 g/mol. The Morgan fingerprint density at radius 1 is 1.40 bits per heavy atom. The molecule has 0 aliphatic carbocycles. The van der Waals surface area contributed by atoms with Gasteiger partial charge in [0.05, 0.1) is 25.4 Å². The van der Waals surface area contributed by atoms with Crippen LogP contribution in [0, 0.1) is 0 Å². The first kappa shape index (κ1) is 15.3. The highest BCUT2D eigenvalue weighted by Crippen LogP contribution is 2.19. The number of nitrogens with one attached hydrogen (secondary N) is 1. The largest absolute Gasteiger partial charge is 0.494 e. The number of aliphatic hydroxyl groups is 1. The zero-order valence-corrected chi connectivity index (χ0v) is 12.2. The number of hydrogen-bond donors (Lipinski definition) is 2. The van der Waals surface area contributed by atoms with Crippen LogP contribution in [0.5, 0.6) is 5.75 Å². The summed E-state index contributed by atoms with van der Waals surface area (Å²) in [6.07, 6.45) is 3.54. The average molecular weight is 279 g/mol. The maximum absolute atomic E-state index is 9.53. The van der Waals surface area contributed by atoms with E-state index in [1.165, 1.54) is 0 Å². The van der Waals surface area contributed by atoms with E-state index in [1.807, 2.05) is 24.3 Å². The molecule has 0 aromatic heterocycles. The van der Waals surface area contributed by atoms with E-state index in [1.54, 1.807) is 0 Å². The van der Waals surface area contributed by atoms with Crippen LogP contribution in [0.4, 0.5) is 0 Å². The third-order valence-electron chi connectivity index (χ3n) is 3.55. The molecule has 2 atom stereocenters. The van der Waals surface area contributed by atoms with Gasteiger partial charge in [-0.3, -0.25) is 0 Å². The van der Waals surface area contributed by atoms with Gasteiger partial charge in [0.15, 0.2) is 0 Å². The third kappa shape index (κ3) is 4.47. The second-order valence-electron chi connectivity index (χ2n) is 5.20. The zero-order chi connectivity index (χ0) is 14.2. The van der Waals surface area contributed by atoms with Crippen molar-refractivity contribution in [3.63, 3.8) is 0 Å². The second-order valence-corrected chi connectivity index (χ2v) is 5.20. The van der Waals surface area contributed by atoms with Gasteiger partial charge in [-0.25, -0.2) is 0 Å². The van der Waals surface area contributed by atoms with Gasteiger partial charge >= 0.3 is 0 Å². The summed E-state index contributed by atoms with van der Waals surface area (Å²) in [5.41, 5.74) is 1.08. The van der Waals surface area contributed by atoms with Crippen molar-refractivity contribution in [3.8, 4) is 5.75 Å². The van der Waals surface area contributed by atoms with Crippen molar-refractivity contribution in [2.24, 2.45) is 0 Å². The molecule has 4 heteroatoms. The molecule has 1 aromatic rings. The summed E-state index contributed by atoms with van der Waals surface area (Å²) >= 11 is 0. The van der Waals surface area contributed by atoms with Crippen molar-refractivity contribution in [1.82, 2.24) is 5.32 Å². The van der Waals surface area contributed by atoms with Crippen LogP contribution in [0.3, 0.4) is 0 Å². The molecule has 0 bridgehead atoms. The molecule has 0 saturated carbocycles. The lowest BCUT2D eigenvalue weighted by Crippen LogP contribution is -2.31. The van der Waals surface area contributed by atoms with E-state index in [4.69, 9.17) is 9.47 Å². The predicted molar refractivity (Wildman–Crippen MR) is 79.0 cm³/mol. The minimum absolute atomic E-state index is 0.0422. The monoisotopic (exact) mass is 279 g/mol. The normalized spacial score (nSPS) is 20.0. The second kappa shape index (κ2) is 8.25. The van der Waals surface area contributed by atoms with E-state index in [0.717, 1.165) is 50.3 Å².